The third-order valence-electron chi connectivity index (χ3n) is 4.42. The van der Waals surface area contributed by atoms with Crippen molar-refractivity contribution in [2.24, 2.45) is 0 Å². The van der Waals surface area contributed by atoms with Gasteiger partial charge in [0.05, 0.1) is 5.69 Å². The number of hydrogen-bond donors (Lipinski definition) is 1. The largest absolute Gasteiger partial charge is 0.503 e. The number of aromatic nitrogens is 1. The van der Waals surface area contributed by atoms with E-state index in [0.717, 1.165) is 24.2 Å². The molecule has 0 atom stereocenters. The van der Waals surface area contributed by atoms with Crippen LogP contribution in [0, 0.1) is 6.92 Å². The van der Waals surface area contributed by atoms with E-state index in [2.05, 4.69) is 4.57 Å². The second kappa shape index (κ2) is 7.12. The molecule has 0 radical (unpaired) electrons. The summed E-state index contributed by atoms with van der Waals surface area (Å²) < 4.78 is 2.22. The first-order chi connectivity index (χ1) is 10.0. The maximum absolute atomic E-state index is 11.9. The summed E-state index contributed by atoms with van der Waals surface area (Å²) >= 11 is 0. The third-order valence-corrected chi connectivity index (χ3v) is 4.42. The number of rotatable bonds is 3. The lowest BCUT2D eigenvalue weighted by Crippen LogP contribution is -2.25. The topological polar surface area (TPSA) is 45.5 Å². The zero-order valence-electron chi connectivity index (χ0n) is 13.6. The van der Waals surface area contributed by atoms with Crippen LogP contribution in [0.1, 0.15) is 62.4 Å². The van der Waals surface area contributed by atoms with Crippen molar-refractivity contribution < 1.29 is 5.11 Å². The number of aryl methyl sites for hydroxylation is 1. The van der Waals surface area contributed by atoms with Gasteiger partial charge in [-0.15, -0.1) is 0 Å². The Morgan fingerprint density at radius 1 is 1.19 bits per heavy atom. The van der Waals surface area contributed by atoms with Crippen molar-refractivity contribution in [1.82, 2.24) is 9.47 Å². The number of nitrogens with zero attached hydrogens (tertiary/aromatic N) is 2. The number of pyridine rings is 1. The molecule has 1 heterocycles. The Hall–Kier alpha value is -1.29. The molecule has 2 rings (SSSR count). The molecule has 4 nitrogen and oxygen atoms in total. The summed E-state index contributed by atoms with van der Waals surface area (Å²) in [6.45, 7) is 2.58. The quantitative estimate of drug-likeness (QED) is 0.930. The van der Waals surface area contributed by atoms with Crippen LogP contribution in [0.3, 0.4) is 0 Å². The van der Waals surface area contributed by atoms with Gasteiger partial charge in [0.1, 0.15) is 0 Å². The molecular weight excluding hydrogens is 264 g/mol. The minimum atomic E-state index is -0.258. The van der Waals surface area contributed by atoms with Gasteiger partial charge < -0.3 is 14.6 Å². The first-order valence-electron chi connectivity index (χ1n) is 8.09. The zero-order valence-corrected chi connectivity index (χ0v) is 13.6. The van der Waals surface area contributed by atoms with E-state index in [1.54, 1.807) is 6.07 Å². The van der Waals surface area contributed by atoms with Gasteiger partial charge in [0, 0.05) is 24.3 Å². The maximum Gasteiger partial charge on any atom is 0.223 e. The molecule has 0 amide bonds. The van der Waals surface area contributed by atoms with E-state index in [-0.39, 0.29) is 11.2 Å². The van der Waals surface area contributed by atoms with Crippen LogP contribution in [0.25, 0.3) is 0 Å². The van der Waals surface area contributed by atoms with Gasteiger partial charge in [-0.2, -0.15) is 0 Å². The highest BCUT2D eigenvalue weighted by Gasteiger charge is 2.21. The fourth-order valence-electron chi connectivity index (χ4n) is 3.45. The van der Waals surface area contributed by atoms with Crippen LogP contribution >= 0.6 is 0 Å². The van der Waals surface area contributed by atoms with Crippen LogP contribution in [-0.2, 0) is 6.54 Å². The molecule has 4 heteroatoms. The Morgan fingerprint density at radius 2 is 1.76 bits per heavy atom. The third kappa shape index (κ3) is 3.88. The van der Waals surface area contributed by atoms with Gasteiger partial charge in [-0.3, -0.25) is 4.79 Å². The van der Waals surface area contributed by atoms with Gasteiger partial charge in [-0.05, 0) is 33.9 Å². The van der Waals surface area contributed by atoms with Gasteiger partial charge >= 0.3 is 0 Å². The second-order valence-corrected chi connectivity index (χ2v) is 6.55. The Balaban J connectivity index is 2.44. The van der Waals surface area contributed by atoms with Crippen LogP contribution in [-0.4, -0.2) is 28.7 Å². The van der Waals surface area contributed by atoms with Gasteiger partial charge in [-0.25, -0.2) is 0 Å². The van der Waals surface area contributed by atoms with E-state index in [1.807, 2.05) is 25.9 Å². The number of hydrogen-bond acceptors (Lipinski definition) is 3. The molecule has 118 valence electrons. The molecule has 0 bridgehead atoms. The average molecular weight is 292 g/mol. The molecule has 1 saturated carbocycles. The zero-order chi connectivity index (χ0) is 15.4. The smallest absolute Gasteiger partial charge is 0.223 e. The fraction of sp³-hybridized carbons (Fsp3) is 0.706. The molecular formula is C17H28N2O2. The Bertz CT molecular complexity index is 526. The SMILES string of the molecule is Cc1cc(=O)c(O)c(CN(C)C)n1C1CCCCCCC1. The van der Waals surface area contributed by atoms with Crippen molar-refractivity contribution in [2.45, 2.75) is 64.5 Å². The Kier molecular flexibility index (Phi) is 5.45. The summed E-state index contributed by atoms with van der Waals surface area (Å²) in [6, 6.07) is 1.99. The molecule has 1 N–H and O–H groups in total. The van der Waals surface area contributed by atoms with Crippen LogP contribution < -0.4 is 5.43 Å². The minimum Gasteiger partial charge on any atom is -0.503 e. The van der Waals surface area contributed by atoms with Crippen LogP contribution in [0.5, 0.6) is 5.75 Å². The van der Waals surface area contributed by atoms with Crippen molar-refractivity contribution in [3.05, 3.63) is 27.7 Å². The molecule has 1 fully saturated rings. The lowest BCUT2D eigenvalue weighted by atomic mass is 9.95. The first-order valence-corrected chi connectivity index (χ1v) is 8.09. The fourth-order valence-corrected chi connectivity index (χ4v) is 3.45. The summed E-state index contributed by atoms with van der Waals surface area (Å²) in [4.78, 5) is 13.9. The van der Waals surface area contributed by atoms with E-state index in [9.17, 15) is 9.90 Å². The van der Waals surface area contributed by atoms with E-state index in [1.165, 1.54) is 32.1 Å². The average Bonchev–Trinajstić information content (AvgIpc) is 2.37. The number of aromatic hydroxyl groups is 1. The van der Waals surface area contributed by atoms with E-state index in [0.29, 0.717) is 12.6 Å². The van der Waals surface area contributed by atoms with Crippen molar-refractivity contribution in [3.63, 3.8) is 0 Å². The molecule has 1 aliphatic carbocycles. The normalized spacial score (nSPS) is 17.7. The monoisotopic (exact) mass is 292 g/mol. The molecule has 1 aromatic heterocycles. The van der Waals surface area contributed by atoms with Gasteiger partial charge in [0.2, 0.25) is 5.43 Å². The van der Waals surface area contributed by atoms with Crippen molar-refractivity contribution in [1.29, 1.82) is 0 Å². The molecule has 0 aliphatic heterocycles. The standard InChI is InChI=1S/C17H28N2O2/c1-13-11-16(20)17(21)15(12-18(2)3)19(13)14-9-7-5-4-6-8-10-14/h11,14,21H,4-10,12H2,1-3H3. The predicted octanol–water partition coefficient (Wildman–Crippen LogP) is 3.21. The Labute approximate surface area is 127 Å². The molecule has 1 aromatic rings. The van der Waals surface area contributed by atoms with Crippen LogP contribution in [0.4, 0.5) is 0 Å². The van der Waals surface area contributed by atoms with Gasteiger partial charge in [0.25, 0.3) is 0 Å². The molecule has 0 unspecified atom stereocenters. The lowest BCUT2D eigenvalue weighted by molar-refractivity contribution is 0.317. The summed E-state index contributed by atoms with van der Waals surface area (Å²) in [7, 11) is 3.93. The highest BCUT2D eigenvalue weighted by molar-refractivity contribution is 5.30. The summed E-state index contributed by atoms with van der Waals surface area (Å²) in [5, 5.41) is 10.2. The van der Waals surface area contributed by atoms with Crippen molar-refractivity contribution in [2.75, 3.05) is 14.1 Å². The Morgan fingerprint density at radius 3 is 2.33 bits per heavy atom. The van der Waals surface area contributed by atoms with Gasteiger partial charge in [0.15, 0.2) is 5.75 Å². The highest BCUT2D eigenvalue weighted by Crippen LogP contribution is 2.30. The van der Waals surface area contributed by atoms with Crippen LogP contribution in [0.2, 0.25) is 0 Å². The first kappa shape index (κ1) is 16.1. The highest BCUT2D eigenvalue weighted by atomic mass is 16.3. The van der Waals surface area contributed by atoms with Crippen molar-refractivity contribution in [3.8, 4) is 5.75 Å². The molecule has 21 heavy (non-hydrogen) atoms. The lowest BCUT2D eigenvalue weighted by Gasteiger charge is -2.29. The summed E-state index contributed by atoms with van der Waals surface area (Å²) in [5.41, 5.74) is 1.49. The maximum atomic E-state index is 11.9. The van der Waals surface area contributed by atoms with E-state index >= 15 is 0 Å². The molecule has 0 saturated heterocycles. The predicted molar refractivity (Wildman–Crippen MR) is 85.9 cm³/mol. The molecule has 1 aliphatic rings. The van der Waals surface area contributed by atoms with Crippen LogP contribution in [0.15, 0.2) is 10.9 Å². The summed E-state index contributed by atoms with van der Waals surface area (Å²) in [5.74, 6) is -0.0728. The summed E-state index contributed by atoms with van der Waals surface area (Å²) in [6.07, 6.45) is 8.69. The minimum absolute atomic E-state index is 0.0728. The van der Waals surface area contributed by atoms with E-state index in [4.69, 9.17) is 0 Å². The van der Waals surface area contributed by atoms with E-state index < -0.39 is 0 Å². The molecule has 0 spiro atoms. The van der Waals surface area contributed by atoms with Gasteiger partial charge in [-0.1, -0.05) is 32.1 Å². The van der Waals surface area contributed by atoms with Crippen molar-refractivity contribution >= 4 is 0 Å². The molecule has 0 aromatic carbocycles. The second-order valence-electron chi connectivity index (χ2n) is 6.55.